The summed E-state index contributed by atoms with van der Waals surface area (Å²) in [6.07, 6.45) is 7.12. The third kappa shape index (κ3) is 4.24. The quantitative estimate of drug-likeness (QED) is 0.468. The SMILES string of the molecule is CC(Oc1ccc(C=C2SC(=O)NC2=O)cc1[N+](=O)[O-])C1CCCCC1. The van der Waals surface area contributed by atoms with Crippen LogP contribution in [0.25, 0.3) is 6.08 Å². The second-order valence-corrected chi connectivity index (χ2v) is 7.57. The molecule has 2 fully saturated rings. The molecule has 1 saturated carbocycles. The van der Waals surface area contributed by atoms with Gasteiger partial charge in [0.2, 0.25) is 0 Å². The van der Waals surface area contributed by atoms with Gasteiger partial charge in [0.1, 0.15) is 0 Å². The molecule has 1 saturated heterocycles. The largest absolute Gasteiger partial charge is 0.484 e. The predicted molar refractivity (Wildman–Crippen MR) is 98.9 cm³/mol. The Morgan fingerprint density at radius 1 is 1.31 bits per heavy atom. The van der Waals surface area contributed by atoms with Gasteiger partial charge < -0.3 is 4.74 Å². The van der Waals surface area contributed by atoms with E-state index in [1.165, 1.54) is 31.4 Å². The van der Waals surface area contributed by atoms with Crippen LogP contribution in [0.5, 0.6) is 5.75 Å². The topological polar surface area (TPSA) is 98.5 Å². The normalized spacial score (nSPS) is 20.9. The zero-order valence-electron chi connectivity index (χ0n) is 14.4. The lowest BCUT2D eigenvalue weighted by Gasteiger charge is -2.28. The van der Waals surface area contributed by atoms with Crippen molar-refractivity contribution in [2.45, 2.75) is 45.1 Å². The van der Waals surface area contributed by atoms with Gasteiger partial charge in [-0.1, -0.05) is 25.3 Å². The number of nitro groups is 1. The van der Waals surface area contributed by atoms with Gasteiger partial charge in [0.25, 0.3) is 11.1 Å². The molecular weight excluding hydrogens is 356 g/mol. The average molecular weight is 376 g/mol. The molecule has 0 radical (unpaired) electrons. The maximum Gasteiger partial charge on any atom is 0.311 e. The van der Waals surface area contributed by atoms with Crippen LogP contribution in [0.3, 0.4) is 0 Å². The molecule has 0 bridgehead atoms. The lowest BCUT2D eigenvalue weighted by Crippen LogP contribution is -2.26. The van der Waals surface area contributed by atoms with Crippen molar-refractivity contribution < 1.29 is 19.2 Å². The second-order valence-electron chi connectivity index (χ2n) is 6.56. The van der Waals surface area contributed by atoms with Crippen LogP contribution in [0.2, 0.25) is 0 Å². The molecule has 7 nitrogen and oxygen atoms in total. The summed E-state index contributed by atoms with van der Waals surface area (Å²) >= 11 is 0.777. The number of nitrogens with one attached hydrogen (secondary N) is 1. The number of benzene rings is 1. The van der Waals surface area contributed by atoms with Gasteiger partial charge in [-0.05, 0) is 55.2 Å². The molecule has 1 aromatic rings. The van der Waals surface area contributed by atoms with E-state index in [4.69, 9.17) is 4.74 Å². The molecule has 1 aliphatic heterocycles. The minimum absolute atomic E-state index is 0.0907. The Morgan fingerprint density at radius 2 is 2.04 bits per heavy atom. The first-order valence-electron chi connectivity index (χ1n) is 8.64. The molecule has 2 amide bonds. The molecule has 138 valence electrons. The number of nitro benzene ring substituents is 1. The molecule has 1 N–H and O–H groups in total. The summed E-state index contributed by atoms with van der Waals surface area (Å²) in [7, 11) is 0. The van der Waals surface area contributed by atoms with Gasteiger partial charge in [0.05, 0.1) is 15.9 Å². The number of ether oxygens (including phenoxy) is 1. The average Bonchev–Trinajstić information content (AvgIpc) is 2.94. The predicted octanol–water partition coefficient (Wildman–Crippen LogP) is 4.27. The monoisotopic (exact) mass is 376 g/mol. The number of rotatable bonds is 5. The number of nitrogens with zero attached hydrogens (tertiary/aromatic N) is 1. The van der Waals surface area contributed by atoms with Crippen LogP contribution in [-0.4, -0.2) is 22.2 Å². The zero-order chi connectivity index (χ0) is 18.7. The molecule has 1 heterocycles. The van der Waals surface area contributed by atoms with Crippen molar-refractivity contribution in [2.24, 2.45) is 5.92 Å². The van der Waals surface area contributed by atoms with Crippen molar-refractivity contribution in [3.63, 3.8) is 0 Å². The van der Waals surface area contributed by atoms with Crippen LogP contribution in [0, 0.1) is 16.0 Å². The number of thioether (sulfide) groups is 1. The van der Waals surface area contributed by atoms with Crippen molar-refractivity contribution in [3.8, 4) is 5.75 Å². The number of carbonyl (C=O) groups excluding carboxylic acids is 2. The first-order chi connectivity index (χ1) is 12.4. The van der Waals surface area contributed by atoms with E-state index in [1.807, 2.05) is 6.92 Å². The fourth-order valence-corrected chi connectivity index (χ4v) is 4.02. The standard InChI is InChI=1S/C18H20N2O5S/c1-11(13-5-3-2-4-6-13)25-15-8-7-12(9-14(15)20(23)24)10-16-17(21)19-18(22)26-16/h7-11,13H,2-6H2,1H3,(H,19,21,22). The van der Waals surface area contributed by atoms with Gasteiger partial charge >= 0.3 is 5.69 Å². The maximum absolute atomic E-state index is 11.6. The molecule has 1 atom stereocenters. The molecule has 0 spiro atoms. The van der Waals surface area contributed by atoms with E-state index >= 15 is 0 Å². The van der Waals surface area contributed by atoms with E-state index in [0.29, 0.717) is 11.5 Å². The highest BCUT2D eigenvalue weighted by Gasteiger charge is 2.27. The lowest BCUT2D eigenvalue weighted by atomic mass is 9.86. The summed E-state index contributed by atoms with van der Waals surface area (Å²) in [6.45, 7) is 1.96. The molecule has 8 heteroatoms. The van der Waals surface area contributed by atoms with Crippen LogP contribution >= 0.6 is 11.8 Å². The van der Waals surface area contributed by atoms with Crippen LogP contribution in [0.1, 0.15) is 44.6 Å². The summed E-state index contributed by atoms with van der Waals surface area (Å²) in [6, 6.07) is 4.58. The fraction of sp³-hybridized carbons (Fsp3) is 0.444. The Kier molecular flexibility index (Phi) is 5.61. The van der Waals surface area contributed by atoms with Gasteiger partial charge in [0.15, 0.2) is 5.75 Å². The van der Waals surface area contributed by atoms with Crippen molar-refractivity contribution in [1.82, 2.24) is 5.32 Å². The number of hydrogen-bond donors (Lipinski definition) is 1. The van der Waals surface area contributed by atoms with Crippen molar-refractivity contribution >= 4 is 34.7 Å². The summed E-state index contributed by atoms with van der Waals surface area (Å²) in [5, 5.41) is 13.2. The van der Waals surface area contributed by atoms with Gasteiger partial charge in [-0.15, -0.1) is 0 Å². The third-order valence-corrected chi connectivity index (χ3v) is 5.56. The fourth-order valence-electron chi connectivity index (χ4n) is 3.34. The molecule has 3 rings (SSSR count). The zero-order valence-corrected chi connectivity index (χ0v) is 15.2. The first-order valence-corrected chi connectivity index (χ1v) is 9.45. The van der Waals surface area contributed by atoms with Crippen molar-refractivity contribution in [3.05, 3.63) is 38.8 Å². The molecule has 1 aliphatic carbocycles. The van der Waals surface area contributed by atoms with E-state index < -0.39 is 16.1 Å². The van der Waals surface area contributed by atoms with Gasteiger partial charge in [0, 0.05) is 6.07 Å². The highest BCUT2D eigenvalue weighted by atomic mass is 32.2. The first kappa shape index (κ1) is 18.4. The van der Waals surface area contributed by atoms with Crippen molar-refractivity contribution in [1.29, 1.82) is 0 Å². The molecule has 1 aromatic carbocycles. The highest BCUT2D eigenvalue weighted by molar-refractivity contribution is 8.18. The van der Waals surface area contributed by atoms with Crippen LogP contribution in [0.4, 0.5) is 10.5 Å². The van der Waals surface area contributed by atoms with Crippen LogP contribution in [0.15, 0.2) is 23.1 Å². The summed E-state index contributed by atoms with van der Waals surface area (Å²) in [5.41, 5.74) is 0.332. The molecule has 1 unspecified atom stereocenters. The van der Waals surface area contributed by atoms with E-state index in [0.717, 1.165) is 24.6 Å². The minimum atomic E-state index is -0.492. The van der Waals surface area contributed by atoms with E-state index in [-0.39, 0.29) is 22.4 Å². The Balaban J connectivity index is 1.81. The summed E-state index contributed by atoms with van der Waals surface area (Å²) < 4.78 is 5.91. The number of amides is 2. The summed E-state index contributed by atoms with van der Waals surface area (Å²) in [5.74, 6) is 0.151. The third-order valence-electron chi connectivity index (χ3n) is 4.75. The van der Waals surface area contributed by atoms with E-state index in [1.54, 1.807) is 12.1 Å². The molecule has 2 aliphatic rings. The molecule has 26 heavy (non-hydrogen) atoms. The number of hydrogen-bond acceptors (Lipinski definition) is 6. The Hall–Kier alpha value is -2.35. The Bertz CT molecular complexity index is 771. The molecule has 0 aromatic heterocycles. The maximum atomic E-state index is 11.6. The second kappa shape index (κ2) is 7.90. The lowest BCUT2D eigenvalue weighted by molar-refractivity contribution is -0.386. The molecular formula is C18H20N2O5S. The van der Waals surface area contributed by atoms with Crippen molar-refractivity contribution in [2.75, 3.05) is 0 Å². The highest BCUT2D eigenvalue weighted by Crippen LogP contribution is 2.34. The Labute approximate surface area is 155 Å². The smallest absolute Gasteiger partial charge is 0.311 e. The van der Waals surface area contributed by atoms with Gasteiger partial charge in [-0.2, -0.15) is 0 Å². The minimum Gasteiger partial charge on any atom is -0.484 e. The van der Waals surface area contributed by atoms with E-state index in [2.05, 4.69) is 5.32 Å². The van der Waals surface area contributed by atoms with Crippen LogP contribution < -0.4 is 10.1 Å². The van der Waals surface area contributed by atoms with Crippen LogP contribution in [-0.2, 0) is 4.79 Å². The number of imide groups is 1. The van der Waals surface area contributed by atoms with Gasteiger partial charge in [-0.25, -0.2) is 0 Å². The Morgan fingerprint density at radius 3 is 2.65 bits per heavy atom. The van der Waals surface area contributed by atoms with Gasteiger partial charge in [-0.3, -0.25) is 25.0 Å². The number of carbonyl (C=O) groups is 2. The summed E-state index contributed by atoms with van der Waals surface area (Å²) in [4.78, 5) is 34.0. The van der Waals surface area contributed by atoms with E-state index in [9.17, 15) is 19.7 Å².